The number of rotatable bonds is 1. The van der Waals surface area contributed by atoms with E-state index >= 15 is 0 Å². The Morgan fingerprint density at radius 1 is 1.14 bits per heavy atom. The molecule has 0 spiro atoms. The Hall–Kier alpha value is -1.47. The smallest absolute Gasteiger partial charge is 0.195 e. The average Bonchev–Trinajstić information content (AvgIpc) is 2.18. The van der Waals surface area contributed by atoms with E-state index in [0.717, 1.165) is 12.1 Å². The van der Waals surface area contributed by atoms with Gasteiger partial charge in [0, 0.05) is 6.42 Å². The zero-order chi connectivity index (χ0) is 10.6. The second kappa shape index (κ2) is 4.68. The van der Waals surface area contributed by atoms with Crippen molar-refractivity contribution in [3.63, 3.8) is 0 Å². The van der Waals surface area contributed by atoms with Gasteiger partial charge in [-0.05, 0) is 12.1 Å². The van der Waals surface area contributed by atoms with Gasteiger partial charge < -0.3 is 5.11 Å². The van der Waals surface area contributed by atoms with Gasteiger partial charge in [0.25, 0.3) is 0 Å². The van der Waals surface area contributed by atoms with Crippen molar-refractivity contribution in [2.24, 2.45) is 0 Å². The summed E-state index contributed by atoms with van der Waals surface area (Å²) in [6.07, 6.45) is 0.165. The molecule has 0 aliphatic carbocycles. The summed E-state index contributed by atoms with van der Waals surface area (Å²) in [6.45, 7) is -0.154. The van der Waals surface area contributed by atoms with Crippen LogP contribution in [0.2, 0.25) is 0 Å². The van der Waals surface area contributed by atoms with Crippen LogP contribution in [-0.2, 0) is 0 Å². The molecule has 14 heavy (non-hydrogen) atoms. The second-order valence-corrected chi connectivity index (χ2v) is 2.50. The largest absolute Gasteiger partial charge is 0.395 e. The van der Waals surface area contributed by atoms with Gasteiger partial charge in [0.05, 0.1) is 12.2 Å². The van der Waals surface area contributed by atoms with Gasteiger partial charge in [-0.2, -0.15) is 0 Å². The van der Waals surface area contributed by atoms with Gasteiger partial charge in [-0.15, -0.1) is 0 Å². The molecule has 0 amide bonds. The lowest BCUT2D eigenvalue weighted by atomic mass is 10.2. The molecular weight excluding hydrogens is 193 g/mol. The average molecular weight is 200 g/mol. The van der Waals surface area contributed by atoms with E-state index in [2.05, 4.69) is 11.8 Å². The maximum atomic E-state index is 12.9. The molecule has 0 radical (unpaired) electrons. The van der Waals surface area contributed by atoms with E-state index in [4.69, 9.17) is 5.11 Å². The van der Waals surface area contributed by atoms with Crippen molar-refractivity contribution in [1.82, 2.24) is 0 Å². The molecule has 0 aliphatic heterocycles. The van der Waals surface area contributed by atoms with Crippen LogP contribution in [0.5, 0.6) is 0 Å². The molecule has 0 saturated heterocycles. The quantitative estimate of drug-likeness (QED) is 0.541. The topological polar surface area (TPSA) is 20.2 Å². The second-order valence-electron chi connectivity index (χ2n) is 2.50. The third-order valence-electron chi connectivity index (χ3n) is 1.50. The lowest BCUT2D eigenvalue weighted by Gasteiger charge is -1.96. The Kier molecular flexibility index (Phi) is 3.55. The summed E-state index contributed by atoms with van der Waals surface area (Å²) in [5.41, 5.74) is -0.211. The van der Waals surface area contributed by atoms with Crippen molar-refractivity contribution in [2.45, 2.75) is 6.42 Å². The van der Waals surface area contributed by atoms with Crippen LogP contribution in [-0.4, -0.2) is 11.7 Å². The van der Waals surface area contributed by atoms with Crippen LogP contribution in [0.1, 0.15) is 12.0 Å². The van der Waals surface area contributed by atoms with Gasteiger partial charge in [0.1, 0.15) is 0 Å². The molecule has 4 heteroatoms. The molecule has 74 valence electrons. The van der Waals surface area contributed by atoms with E-state index in [1.807, 2.05) is 0 Å². The molecule has 0 unspecified atom stereocenters. The molecular formula is C10H7F3O. The van der Waals surface area contributed by atoms with Crippen LogP contribution in [0.15, 0.2) is 12.1 Å². The Bertz CT molecular complexity index is 390. The van der Waals surface area contributed by atoms with E-state index in [0.29, 0.717) is 0 Å². The summed E-state index contributed by atoms with van der Waals surface area (Å²) in [6, 6.07) is 1.86. The predicted octanol–water partition coefficient (Wildman–Crippen LogP) is 1.84. The van der Waals surface area contributed by atoms with Crippen LogP contribution in [0.3, 0.4) is 0 Å². The molecule has 0 bridgehead atoms. The maximum absolute atomic E-state index is 12.9. The fourth-order valence-corrected chi connectivity index (χ4v) is 0.836. The van der Waals surface area contributed by atoms with E-state index in [-0.39, 0.29) is 18.6 Å². The van der Waals surface area contributed by atoms with Crippen LogP contribution in [0.4, 0.5) is 13.2 Å². The molecule has 1 nitrogen and oxygen atoms in total. The molecule has 0 aromatic heterocycles. The summed E-state index contributed by atoms with van der Waals surface area (Å²) in [5, 5.41) is 8.38. The van der Waals surface area contributed by atoms with E-state index < -0.39 is 17.5 Å². The van der Waals surface area contributed by atoms with Gasteiger partial charge in [-0.1, -0.05) is 11.8 Å². The lowest BCUT2D eigenvalue weighted by molar-refractivity contribution is 0.305. The molecule has 0 aliphatic rings. The minimum absolute atomic E-state index is 0.154. The first kappa shape index (κ1) is 10.6. The molecule has 1 aromatic carbocycles. The third-order valence-corrected chi connectivity index (χ3v) is 1.50. The molecule has 0 heterocycles. The van der Waals surface area contributed by atoms with Gasteiger partial charge >= 0.3 is 0 Å². The zero-order valence-electron chi connectivity index (χ0n) is 7.15. The molecule has 1 rings (SSSR count). The Balaban J connectivity index is 3.02. The predicted molar refractivity (Wildman–Crippen MR) is 44.9 cm³/mol. The monoisotopic (exact) mass is 200 g/mol. The highest BCUT2D eigenvalue weighted by molar-refractivity contribution is 5.36. The van der Waals surface area contributed by atoms with Gasteiger partial charge in [-0.25, -0.2) is 13.2 Å². The van der Waals surface area contributed by atoms with Crippen LogP contribution < -0.4 is 0 Å². The van der Waals surface area contributed by atoms with Crippen molar-refractivity contribution >= 4 is 0 Å². The number of hydrogen-bond donors (Lipinski definition) is 1. The number of halogens is 3. The summed E-state index contributed by atoms with van der Waals surface area (Å²) in [4.78, 5) is 0. The van der Waals surface area contributed by atoms with Crippen LogP contribution >= 0.6 is 0 Å². The number of aliphatic hydroxyl groups excluding tert-OH is 1. The normalized spacial score (nSPS) is 9.43. The standard InChI is InChI=1S/C10H7F3O/c11-8-5-4-7(3-1-2-6-14)9(12)10(8)13/h4-5,14H,2,6H2. The highest BCUT2D eigenvalue weighted by Gasteiger charge is 2.11. The van der Waals surface area contributed by atoms with Crippen LogP contribution in [0, 0.1) is 29.3 Å². The molecule has 0 fully saturated rings. The first-order chi connectivity index (χ1) is 6.66. The van der Waals surface area contributed by atoms with Gasteiger partial charge in [0.15, 0.2) is 17.5 Å². The molecule has 0 atom stereocenters. The molecule has 1 aromatic rings. The SMILES string of the molecule is OCCC#Cc1ccc(F)c(F)c1F. The fourth-order valence-electron chi connectivity index (χ4n) is 0.836. The minimum Gasteiger partial charge on any atom is -0.395 e. The number of hydrogen-bond acceptors (Lipinski definition) is 1. The summed E-state index contributed by atoms with van der Waals surface area (Å²) in [7, 11) is 0. The Morgan fingerprint density at radius 2 is 1.86 bits per heavy atom. The van der Waals surface area contributed by atoms with Crippen LogP contribution in [0.25, 0.3) is 0 Å². The fraction of sp³-hybridized carbons (Fsp3) is 0.200. The Morgan fingerprint density at radius 3 is 2.50 bits per heavy atom. The van der Waals surface area contributed by atoms with Crippen molar-refractivity contribution in [2.75, 3.05) is 6.61 Å². The van der Waals surface area contributed by atoms with E-state index in [1.165, 1.54) is 0 Å². The van der Waals surface area contributed by atoms with Gasteiger partial charge in [-0.3, -0.25) is 0 Å². The number of aliphatic hydroxyl groups is 1. The first-order valence-corrected chi connectivity index (χ1v) is 3.90. The lowest BCUT2D eigenvalue weighted by Crippen LogP contribution is -1.93. The molecule has 1 N–H and O–H groups in total. The van der Waals surface area contributed by atoms with Crippen molar-refractivity contribution in [3.05, 3.63) is 35.1 Å². The van der Waals surface area contributed by atoms with Gasteiger partial charge in [0.2, 0.25) is 0 Å². The van der Waals surface area contributed by atoms with E-state index in [9.17, 15) is 13.2 Å². The van der Waals surface area contributed by atoms with Crippen molar-refractivity contribution in [1.29, 1.82) is 0 Å². The summed E-state index contributed by atoms with van der Waals surface area (Å²) in [5.74, 6) is 0.637. The maximum Gasteiger partial charge on any atom is 0.195 e. The van der Waals surface area contributed by atoms with E-state index in [1.54, 1.807) is 0 Å². The highest BCUT2D eigenvalue weighted by Crippen LogP contribution is 2.13. The van der Waals surface area contributed by atoms with Crippen molar-refractivity contribution in [3.8, 4) is 11.8 Å². The highest BCUT2D eigenvalue weighted by atomic mass is 19.2. The number of benzene rings is 1. The summed E-state index contributed by atoms with van der Waals surface area (Å²) < 4.78 is 38.0. The zero-order valence-corrected chi connectivity index (χ0v) is 7.15. The van der Waals surface area contributed by atoms with Crippen molar-refractivity contribution < 1.29 is 18.3 Å². The Labute approximate surface area is 79.2 Å². The molecule has 0 saturated carbocycles. The summed E-state index contributed by atoms with van der Waals surface area (Å²) >= 11 is 0. The first-order valence-electron chi connectivity index (χ1n) is 3.90. The third kappa shape index (κ3) is 2.27. The minimum atomic E-state index is -1.53.